The van der Waals surface area contributed by atoms with Crippen LogP contribution in [0.25, 0.3) is 6.08 Å². The van der Waals surface area contributed by atoms with E-state index in [0.29, 0.717) is 17.9 Å². The van der Waals surface area contributed by atoms with Gasteiger partial charge in [0, 0.05) is 22.6 Å². The SMILES string of the molecule is CN(C)[C@@H]1c2onc(OCc3ccccc3)c2C(=O)[C@@]2(O[Si](C)(C)C(C)(C)C)C(O)=C3C(=O)c4c(c(F)cc(/C=C/CO[Si](C)(C)C(C)(C)C)c4OCc4ccccc4)C[C@H]3C[C@@H]12. The molecule has 0 bridgehead atoms. The minimum absolute atomic E-state index is 0.00913. The van der Waals surface area contributed by atoms with Crippen LogP contribution in [0, 0.1) is 17.7 Å². The van der Waals surface area contributed by atoms with Gasteiger partial charge in [0.15, 0.2) is 33.8 Å². The Balaban J connectivity index is 1.40. The summed E-state index contributed by atoms with van der Waals surface area (Å²) < 4.78 is 49.2. The Morgan fingerprint density at radius 2 is 1.48 bits per heavy atom. The van der Waals surface area contributed by atoms with Crippen LogP contribution in [0.3, 0.4) is 0 Å². The van der Waals surface area contributed by atoms with Gasteiger partial charge in [0.1, 0.15) is 36.1 Å². The number of aliphatic hydroxyl groups excluding tert-OH is 1. The maximum absolute atomic E-state index is 16.7. The maximum atomic E-state index is 16.7. The Hall–Kier alpha value is -4.67. The Morgan fingerprint density at radius 1 is 0.889 bits per heavy atom. The number of aromatic nitrogens is 1. The van der Waals surface area contributed by atoms with Gasteiger partial charge in [-0.3, -0.25) is 14.5 Å². The molecule has 0 saturated carbocycles. The molecule has 0 unspecified atom stereocenters. The van der Waals surface area contributed by atoms with Gasteiger partial charge in [-0.25, -0.2) is 4.39 Å². The normalized spacial score (nSPS) is 21.7. The van der Waals surface area contributed by atoms with E-state index >= 15 is 14.0 Å². The minimum Gasteiger partial charge on any atom is -0.508 e. The molecule has 336 valence electrons. The number of carbonyl (C=O) groups is 2. The number of ketones is 2. The molecular formula is C50H63FN2O8Si2. The van der Waals surface area contributed by atoms with E-state index in [1.807, 2.05) is 98.8 Å². The Labute approximate surface area is 373 Å². The number of ether oxygens (including phenoxy) is 2. The van der Waals surface area contributed by atoms with Crippen molar-refractivity contribution in [2.45, 2.75) is 116 Å². The van der Waals surface area contributed by atoms with Gasteiger partial charge in [-0.05, 0) is 91.5 Å². The maximum Gasteiger partial charge on any atom is 0.265 e. The smallest absolute Gasteiger partial charge is 0.265 e. The zero-order chi connectivity index (χ0) is 45.9. The molecule has 10 nitrogen and oxygen atoms in total. The number of nitrogens with zero attached hydrogens (tertiary/aromatic N) is 2. The van der Waals surface area contributed by atoms with Crippen LogP contribution in [-0.4, -0.2) is 69.7 Å². The first-order valence-corrected chi connectivity index (χ1v) is 27.7. The second-order valence-corrected chi connectivity index (χ2v) is 30.1. The summed E-state index contributed by atoms with van der Waals surface area (Å²) >= 11 is 0. The standard InChI is InChI=1S/C50H63FN2O8Si2/c1-48(2,3)62(9,10)59-25-19-24-33-28-37(51)35-26-34-27-36-41(53(7)8)44-40(47(52-60-44)58-30-32-22-17-14-18-23-32)46(56)50(36,61-63(11,12)49(4,5)6)45(55)38(34)42(54)39(35)43(33)57-29-31-20-15-13-16-21-31/h13-24,28,34,36,41,55H,25-27,29-30H2,1-12H3/b24-19+/t34-,36-,41-,50-/m0/s1. The zero-order valence-corrected chi connectivity index (χ0v) is 40.9. The molecule has 0 fully saturated rings. The molecule has 0 spiro atoms. The van der Waals surface area contributed by atoms with Crippen molar-refractivity contribution in [3.8, 4) is 11.6 Å². The van der Waals surface area contributed by atoms with E-state index in [2.05, 4.69) is 59.8 Å². The molecule has 3 aliphatic rings. The van der Waals surface area contributed by atoms with Gasteiger partial charge >= 0.3 is 0 Å². The Bertz CT molecular complexity index is 2430. The number of hydrogen-bond donors (Lipinski definition) is 1. The first-order chi connectivity index (χ1) is 29.5. The second-order valence-electron chi connectivity index (χ2n) is 20.5. The summed E-state index contributed by atoms with van der Waals surface area (Å²) in [6.45, 7) is 21.6. The lowest BCUT2D eigenvalue weighted by atomic mass is 9.58. The summed E-state index contributed by atoms with van der Waals surface area (Å²) in [7, 11) is -1.32. The van der Waals surface area contributed by atoms with Gasteiger partial charge in [0.2, 0.25) is 5.78 Å². The van der Waals surface area contributed by atoms with Crippen LogP contribution in [0.5, 0.6) is 11.6 Å². The van der Waals surface area contributed by atoms with E-state index in [1.165, 1.54) is 6.07 Å². The number of Topliss-reactive ketones (excluding diaryl/α,β-unsaturated/α-hetero) is 2. The third-order valence-electron chi connectivity index (χ3n) is 14.1. The Kier molecular flexibility index (Phi) is 12.5. The second kappa shape index (κ2) is 17.0. The average molecular weight is 895 g/mol. The van der Waals surface area contributed by atoms with Crippen LogP contribution in [0.15, 0.2) is 88.7 Å². The Morgan fingerprint density at radius 3 is 2.05 bits per heavy atom. The number of aliphatic hydroxyl groups is 1. The van der Waals surface area contributed by atoms with E-state index in [-0.39, 0.29) is 65.0 Å². The van der Waals surface area contributed by atoms with Crippen LogP contribution in [-0.2, 0) is 28.5 Å². The van der Waals surface area contributed by atoms with Crippen molar-refractivity contribution in [2.24, 2.45) is 11.8 Å². The predicted molar refractivity (Wildman–Crippen MR) is 248 cm³/mol. The van der Waals surface area contributed by atoms with Gasteiger partial charge in [0.25, 0.3) is 5.88 Å². The average Bonchev–Trinajstić information content (AvgIpc) is 3.63. The number of fused-ring (bicyclic) bond motifs is 4. The molecule has 4 atom stereocenters. The molecule has 1 aromatic heterocycles. The molecule has 1 N–H and O–H groups in total. The van der Waals surface area contributed by atoms with Gasteiger partial charge in [-0.1, -0.05) is 114 Å². The summed E-state index contributed by atoms with van der Waals surface area (Å²) in [6, 6.07) is 19.8. The van der Waals surface area contributed by atoms with E-state index in [9.17, 15) is 5.11 Å². The van der Waals surface area contributed by atoms with Gasteiger partial charge in [-0.15, -0.1) is 0 Å². The lowest BCUT2D eigenvalue weighted by molar-refractivity contribution is -0.0481. The molecule has 0 radical (unpaired) electrons. The molecular weight excluding hydrogens is 832 g/mol. The third kappa shape index (κ3) is 8.43. The molecule has 3 aliphatic carbocycles. The van der Waals surface area contributed by atoms with Crippen LogP contribution in [0.2, 0.25) is 36.3 Å². The van der Waals surface area contributed by atoms with E-state index in [0.717, 1.165) is 11.1 Å². The molecule has 0 amide bonds. The van der Waals surface area contributed by atoms with E-state index < -0.39 is 68.3 Å². The summed E-state index contributed by atoms with van der Waals surface area (Å²) in [4.78, 5) is 33.1. The molecule has 3 aromatic carbocycles. The van der Waals surface area contributed by atoms with Gasteiger partial charge in [-0.2, -0.15) is 0 Å². The largest absolute Gasteiger partial charge is 0.508 e. The number of hydrogen-bond acceptors (Lipinski definition) is 10. The highest BCUT2D eigenvalue weighted by Crippen LogP contribution is 2.60. The van der Waals surface area contributed by atoms with Crippen molar-refractivity contribution in [3.05, 3.63) is 129 Å². The first-order valence-electron chi connectivity index (χ1n) is 21.9. The third-order valence-corrected chi connectivity index (χ3v) is 23.1. The molecule has 7 rings (SSSR count). The van der Waals surface area contributed by atoms with Crippen LogP contribution < -0.4 is 9.47 Å². The highest BCUT2D eigenvalue weighted by atomic mass is 28.4. The molecule has 4 aromatic rings. The fourth-order valence-electron chi connectivity index (χ4n) is 8.64. The van der Waals surface area contributed by atoms with Crippen molar-refractivity contribution in [3.63, 3.8) is 0 Å². The quantitative estimate of drug-likeness (QED) is 0.130. The van der Waals surface area contributed by atoms with E-state index in [1.54, 1.807) is 6.08 Å². The number of carbonyl (C=O) groups excluding carboxylic acids is 2. The fourth-order valence-corrected chi connectivity index (χ4v) is 11.0. The molecule has 0 saturated heterocycles. The lowest BCUT2D eigenvalue weighted by Crippen LogP contribution is -2.65. The number of halogens is 1. The number of allylic oxidation sites excluding steroid dienone is 1. The van der Waals surface area contributed by atoms with Crippen molar-refractivity contribution < 1.29 is 41.9 Å². The van der Waals surface area contributed by atoms with Crippen molar-refractivity contribution in [1.29, 1.82) is 0 Å². The minimum atomic E-state index is -2.96. The fraction of sp³-hybridized carbons (Fsp3) is 0.460. The van der Waals surface area contributed by atoms with Gasteiger partial charge < -0.3 is 28.0 Å². The summed E-state index contributed by atoms with van der Waals surface area (Å²) in [5.41, 5.74) is 0.387. The summed E-state index contributed by atoms with van der Waals surface area (Å²) in [5.74, 6) is -3.13. The molecule has 13 heteroatoms. The number of benzene rings is 3. The molecule has 1 heterocycles. The van der Waals surface area contributed by atoms with Crippen LogP contribution >= 0.6 is 0 Å². The predicted octanol–water partition coefficient (Wildman–Crippen LogP) is 11.5. The highest BCUT2D eigenvalue weighted by Gasteiger charge is 2.67. The van der Waals surface area contributed by atoms with Crippen molar-refractivity contribution in [1.82, 2.24) is 10.1 Å². The summed E-state index contributed by atoms with van der Waals surface area (Å²) in [6.07, 6.45) is 3.86. The highest BCUT2D eigenvalue weighted by molar-refractivity contribution is 6.74. The van der Waals surface area contributed by atoms with Gasteiger partial charge in [0.05, 0.1) is 18.2 Å². The molecule has 63 heavy (non-hydrogen) atoms. The van der Waals surface area contributed by atoms with Crippen molar-refractivity contribution in [2.75, 3.05) is 20.7 Å². The van der Waals surface area contributed by atoms with E-state index in [4.69, 9.17) is 22.8 Å². The number of rotatable bonds is 13. The monoisotopic (exact) mass is 894 g/mol. The lowest BCUT2D eigenvalue weighted by Gasteiger charge is -2.55. The topological polar surface area (TPSA) is 121 Å². The van der Waals surface area contributed by atoms with Crippen LogP contribution in [0.4, 0.5) is 4.39 Å². The van der Waals surface area contributed by atoms with Crippen molar-refractivity contribution >= 4 is 34.3 Å². The summed E-state index contributed by atoms with van der Waals surface area (Å²) in [5, 5.41) is 17.0. The molecule has 0 aliphatic heterocycles. The van der Waals surface area contributed by atoms with Crippen LogP contribution in [0.1, 0.15) is 103 Å². The zero-order valence-electron chi connectivity index (χ0n) is 38.9. The first kappa shape index (κ1) is 46.3.